The first kappa shape index (κ1) is 17.8. The van der Waals surface area contributed by atoms with Crippen LogP contribution in [0.3, 0.4) is 0 Å². The smallest absolute Gasteiger partial charge is 0.328 e. The summed E-state index contributed by atoms with van der Waals surface area (Å²) in [7, 11) is 1.76. The zero-order valence-electron chi connectivity index (χ0n) is 14.9. The van der Waals surface area contributed by atoms with Crippen LogP contribution in [0, 0.1) is 0 Å². The molecule has 2 aromatic carbocycles. The van der Waals surface area contributed by atoms with E-state index in [2.05, 4.69) is 5.32 Å². The molecule has 0 unspecified atom stereocenters. The minimum Gasteiger partial charge on any atom is -0.494 e. The molecule has 0 radical (unpaired) electrons. The highest BCUT2D eigenvalue weighted by molar-refractivity contribution is 5.76. The number of rotatable bonds is 8. The highest BCUT2D eigenvalue weighted by Crippen LogP contribution is 2.11. The molecule has 3 aromatic rings. The molecule has 1 aromatic heterocycles. The molecule has 1 amide bonds. The number of nitrogens with zero attached hydrogens (tertiary/aromatic N) is 2. The predicted octanol–water partition coefficient (Wildman–Crippen LogP) is 2.32. The molecule has 6 heteroatoms. The first-order valence-corrected chi connectivity index (χ1v) is 8.75. The van der Waals surface area contributed by atoms with Crippen molar-refractivity contribution in [1.29, 1.82) is 0 Å². The largest absolute Gasteiger partial charge is 0.494 e. The molecule has 6 nitrogen and oxygen atoms in total. The Labute approximate surface area is 152 Å². The van der Waals surface area contributed by atoms with Gasteiger partial charge in [-0.25, -0.2) is 4.79 Å². The highest BCUT2D eigenvalue weighted by Gasteiger charge is 2.09. The number of fused-ring (bicyclic) bond motifs is 1. The predicted molar refractivity (Wildman–Crippen MR) is 101 cm³/mol. The molecular weight excluding hydrogens is 330 g/mol. The van der Waals surface area contributed by atoms with Gasteiger partial charge in [0.25, 0.3) is 0 Å². The fraction of sp³-hybridized carbons (Fsp3) is 0.300. The third-order valence-corrected chi connectivity index (χ3v) is 4.27. The molecule has 0 aliphatic carbocycles. The standard InChI is InChI=1S/C20H23N3O3/c1-22-17-10-5-6-11-18(17)23(20(22)25)14-13-21-19(24)12-7-15-26-16-8-3-2-4-9-16/h2-6,8-11H,7,12-15H2,1H3,(H,21,24). The normalized spacial score (nSPS) is 10.8. The van der Waals surface area contributed by atoms with E-state index >= 15 is 0 Å². The van der Waals surface area contributed by atoms with Gasteiger partial charge in [-0.05, 0) is 30.7 Å². The maximum absolute atomic E-state index is 12.3. The van der Waals surface area contributed by atoms with Gasteiger partial charge in [0.15, 0.2) is 0 Å². The van der Waals surface area contributed by atoms with Crippen molar-refractivity contribution in [3.8, 4) is 5.75 Å². The lowest BCUT2D eigenvalue weighted by Gasteiger charge is -2.07. The van der Waals surface area contributed by atoms with E-state index in [1.54, 1.807) is 16.2 Å². The molecule has 1 heterocycles. The van der Waals surface area contributed by atoms with Crippen LogP contribution in [0.2, 0.25) is 0 Å². The van der Waals surface area contributed by atoms with E-state index in [1.165, 1.54) is 0 Å². The fourth-order valence-corrected chi connectivity index (χ4v) is 2.91. The Morgan fingerprint density at radius 2 is 1.73 bits per heavy atom. The van der Waals surface area contributed by atoms with Crippen molar-refractivity contribution in [2.45, 2.75) is 19.4 Å². The van der Waals surface area contributed by atoms with Gasteiger partial charge in [0, 0.05) is 26.6 Å². The third-order valence-electron chi connectivity index (χ3n) is 4.27. The van der Waals surface area contributed by atoms with Crippen molar-refractivity contribution in [3.05, 3.63) is 65.1 Å². The molecule has 0 atom stereocenters. The molecule has 136 valence electrons. The van der Waals surface area contributed by atoms with E-state index in [9.17, 15) is 9.59 Å². The Morgan fingerprint density at radius 1 is 1.04 bits per heavy atom. The summed E-state index contributed by atoms with van der Waals surface area (Å²) < 4.78 is 8.88. The number of carbonyl (C=O) groups is 1. The topological polar surface area (TPSA) is 65.3 Å². The minimum absolute atomic E-state index is 0.0325. The lowest BCUT2D eigenvalue weighted by atomic mass is 10.3. The second-order valence-electron chi connectivity index (χ2n) is 6.10. The monoisotopic (exact) mass is 353 g/mol. The van der Waals surface area contributed by atoms with Crippen molar-refractivity contribution < 1.29 is 9.53 Å². The van der Waals surface area contributed by atoms with Crippen LogP contribution < -0.4 is 15.7 Å². The Morgan fingerprint density at radius 3 is 2.50 bits per heavy atom. The Kier molecular flexibility index (Phi) is 5.73. The van der Waals surface area contributed by atoms with Crippen LogP contribution in [0.25, 0.3) is 11.0 Å². The van der Waals surface area contributed by atoms with E-state index in [0.717, 1.165) is 16.8 Å². The van der Waals surface area contributed by atoms with Gasteiger partial charge in [0.05, 0.1) is 17.6 Å². The SMILES string of the molecule is Cn1c(=O)n(CCNC(=O)CCCOc2ccccc2)c2ccccc21. The summed E-state index contributed by atoms with van der Waals surface area (Å²) in [5, 5.41) is 2.87. The second kappa shape index (κ2) is 8.38. The summed E-state index contributed by atoms with van der Waals surface area (Å²) in [5.41, 5.74) is 1.70. The van der Waals surface area contributed by atoms with Gasteiger partial charge in [-0.15, -0.1) is 0 Å². The van der Waals surface area contributed by atoms with Crippen LogP contribution in [0.4, 0.5) is 0 Å². The van der Waals surface area contributed by atoms with Gasteiger partial charge in [-0.2, -0.15) is 0 Å². The number of hydrogen-bond donors (Lipinski definition) is 1. The van der Waals surface area contributed by atoms with E-state index in [-0.39, 0.29) is 11.6 Å². The number of ether oxygens (including phenoxy) is 1. The van der Waals surface area contributed by atoms with Crippen LogP contribution in [-0.4, -0.2) is 28.2 Å². The lowest BCUT2D eigenvalue weighted by Crippen LogP contribution is -2.31. The molecule has 0 saturated carbocycles. The number of para-hydroxylation sites is 3. The number of amides is 1. The number of carbonyl (C=O) groups excluding carboxylic acids is 1. The van der Waals surface area contributed by atoms with E-state index < -0.39 is 0 Å². The summed E-state index contributed by atoms with van der Waals surface area (Å²) in [5.74, 6) is 0.776. The van der Waals surface area contributed by atoms with Crippen molar-refractivity contribution in [2.24, 2.45) is 7.05 Å². The molecule has 3 rings (SSSR count). The average Bonchev–Trinajstić information content (AvgIpc) is 2.91. The maximum Gasteiger partial charge on any atom is 0.328 e. The number of aromatic nitrogens is 2. The molecule has 0 aliphatic rings. The quantitative estimate of drug-likeness (QED) is 0.632. The van der Waals surface area contributed by atoms with Gasteiger partial charge >= 0.3 is 5.69 Å². The Bertz CT molecular complexity index is 928. The van der Waals surface area contributed by atoms with Crippen LogP contribution in [-0.2, 0) is 18.4 Å². The summed E-state index contributed by atoms with van der Waals surface area (Å²) in [6.07, 6.45) is 1.05. The Hall–Kier alpha value is -3.02. The number of nitrogens with one attached hydrogen (secondary N) is 1. The summed E-state index contributed by atoms with van der Waals surface area (Å²) in [4.78, 5) is 24.2. The molecule has 0 aliphatic heterocycles. The number of hydrogen-bond acceptors (Lipinski definition) is 3. The number of benzene rings is 2. The third kappa shape index (κ3) is 4.14. The zero-order chi connectivity index (χ0) is 18.4. The molecule has 1 N–H and O–H groups in total. The second-order valence-corrected chi connectivity index (χ2v) is 6.10. The Balaban J connectivity index is 1.43. The van der Waals surface area contributed by atoms with Crippen molar-refractivity contribution >= 4 is 16.9 Å². The van der Waals surface area contributed by atoms with Crippen molar-refractivity contribution in [3.63, 3.8) is 0 Å². The number of imidazole rings is 1. The summed E-state index contributed by atoms with van der Waals surface area (Å²) >= 11 is 0. The van der Waals surface area contributed by atoms with Gasteiger partial charge in [-0.1, -0.05) is 30.3 Å². The minimum atomic E-state index is -0.0725. The van der Waals surface area contributed by atoms with E-state index in [0.29, 0.717) is 32.5 Å². The molecule has 0 bridgehead atoms. The van der Waals surface area contributed by atoms with Crippen molar-refractivity contribution in [2.75, 3.05) is 13.2 Å². The van der Waals surface area contributed by atoms with Crippen LogP contribution in [0.5, 0.6) is 5.75 Å². The van der Waals surface area contributed by atoms with Crippen LogP contribution >= 0.6 is 0 Å². The zero-order valence-corrected chi connectivity index (χ0v) is 14.9. The number of aryl methyl sites for hydroxylation is 1. The first-order valence-electron chi connectivity index (χ1n) is 8.75. The van der Waals surface area contributed by atoms with Gasteiger partial charge < -0.3 is 10.1 Å². The molecular formula is C20H23N3O3. The van der Waals surface area contributed by atoms with Gasteiger partial charge in [0.1, 0.15) is 5.75 Å². The van der Waals surface area contributed by atoms with Crippen LogP contribution in [0.1, 0.15) is 12.8 Å². The van der Waals surface area contributed by atoms with Crippen molar-refractivity contribution in [1.82, 2.24) is 14.5 Å². The lowest BCUT2D eigenvalue weighted by molar-refractivity contribution is -0.121. The summed E-state index contributed by atoms with van der Waals surface area (Å²) in [6, 6.07) is 17.2. The fourth-order valence-electron chi connectivity index (χ4n) is 2.91. The summed E-state index contributed by atoms with van der Waals surface area (Å²) in [6.45, 7) is 1.37. The van der Waals surface area contributed by atoms with E-state index in [1.807, 2.05) is 54.6 Å². The average molecular weight is 353 g/mol. The molecule has 0 spiro atoms. The molecule has 26 heavy (non-hydrogen) atoms. The first-order chi connectivity index (χ1) is 12.7. The van der Waals surface area contributed by atoms with Gasteiger partial charge in [0.2, 0.25) is 5.91 Å². The highest BCUT2D eigenvalue weighted by atomic mass is 16.5. The maximum atomic E-state index is 12.3. The van der Waals surface area contributed by atoms with Crippen LogP contribution in [0.15, 0.2) is 59.4 Å². The molecule has 0 saturated heterocycles. The van der Waals surface area contributed by atoms with E-state index in [4.69, 9.17) is 4.74 Å². The molecule has 0 fully saturated rings. The van der Waals surface area contributed by atoms with Gasteiger partial charge in [-0.3, -0.25) is 13.9 Å².